The number of nitrogens with one attached hydrogen (secondary N) is 1. The van der Waals surface area contributed by atoms with Crippen molar-refractivity contribution in [1.82, 2.24) is 19.8 Å². The second-order valence-electron chi connectivity index (χ2n) is 15.3. The van der Waals surface area contributed by atoms with E-state index in [1.54, 1.807) is 42.2 Å². The van der Waals surface area contributed by atoms with Crippen LogP contribution in [0.1, 0.15) is 109 Å². The van der Waals surface area contributed by atoms with Gasteiger partial charge in [-0.15, -0.1) is 11.8 Å². The molecule has 3 heterocycles. The van der Waals surface area contributed by atoms with Crippen molar-refractivity contribution in [2.75, 3.05) is 32.0 Å². The number of hydrogen-bond donors (Lipinski definition) is 1. The molecule has 270 valence electrons. The number of benzene rings is 1. The number of oxazole rings is 1. The van der Waals surface area contributed by atoms with Crippen LogP contribution in [0.3, 0.4) is 0 Å². The lowest BCUT2D eigenvalue weighted by Crippen LogP contribution is -2.38. The Hall–Kier alpha value is -3.46. The Morgan fingerprint density at radius 2 is 1.84 bits per heavy atom. The minimum Gasteiger partial charge on any atom is -0.444 e. The van der Waals surface area contributed by atoms with Crippen molar-refractivity contribution >= 4 is 40.0 Å². The lowest BCUT2D eigenvalue weighted by atomic mass is 9.92. The molecule has 1 aliphatic rings. The summed E-state index contributed by atoms with van der Waals surface area (Å²) in [5.41, 5.74) is 2.24. The first-order valence-corrected chi connectivity index (χ1v) is 19.5. The number of aryl methyl sites for hydroxylation is 1. The van der Waals surface area contributed by atoms with Gasteiger partial charge in [0.15, 0.2) is 5.13 Å². The molecule has 0 saturated carbocycles. The van der Waals surface area contributed by atoms with Crippen LogP contribution in [0.4, 0.5) is 5.13 Å². The number of piperidine rings is 1. The van der Waals surface area contributed by atoms with Crippen molar-refractivity contribution in [2.24, 2.45) is 11.3 Å². The number of carbonyl (C=O) groups excluding carboxylic acids is 2. The first kappa shape index (κ1) is 39.3. The molecule has 1 N–H and O–H groups in total. The molecule has 2 amide bonds. The van der Waals surface area contributed by atoms with Gasteiger partial charge in [-0.2, -0.15) is 5.26 Å². The van der Waals surface area contributed by atoms with Gasteiger partial charge in [0.25, 0.3) is 5.91 Å². The summed E-state index contributed by atoms with van der Waals surface area (Å²) < 4.78 is 6.90. The molecule has 0 bridgehead atoms. The summed E-state index contributed by atoms with van der Waals surface area (Å²) in [6.07, 6.45) is 10.8. The summed E-state index contributed by atoms with van der Waals surface area (Å²) in [5.74, 6) is 2.01. The van der Waals surface area contributed by atoms with Crippen LogP contribution < -0.4 is 5.32 Å². The first-order chi connectivity index (χ1) is 23.7. The third kappa shape index (κ3) is 11.5. The largest absolute Gasteiger partial charge is 0.444 e. The van der Waals surface area contributed by atoms with Gasteiger partial charge in [-0.3, -0.25) is 9.59 Å². The van der Waals surface area contributed by atoms with E-state index < -0.39 is 0 Å². The molecule has 50 heavy (non-hydrogen) atoms. The molecule has 4 rings (SSSR count). The Morgan fingerprint density at radius 1 is 1.14 bits per heavy atom. The zero-order valence-corrected chi connectivity index (χ0v) is 32.7. The van der Waals surface area contributed by atoms with Gasteiger partial charge in [-0.25, -0.2) is 9.97 Å². The molecule has 1 saturated heterocycles. The quantitative estimate of drug-likeness (QED) is 0.1000. The molecule has 0 spiro atoms. The third-order valence-corrected chi connectivity index (χ3v) is 11.0. The highest BCUT2D eigenvalue weighted by Gasteiger charge is 2.27. The average Bonchev–Trinajstić information content (AvgIpc) is 3.75. The number of likely N-dealkylation sites (N-methyl/N-ethyl adjacent to an activating group) is 1. The smallest absolute Gasteiger partial charge is 0.264 e. The van der Waals surface area contributed by atoms with Crippen LogP contribution in [0.15, 0.2) is 56.9 Å². The number of amides is 2. The molecule has 1 aliphatic heterocycles. The van der Waals surface area contributed by atoms with Crippen LogP contribution in [-0.4, -0.2) is 58.3 Å². The van der Waals surface area contributed by atoms with Crippen molar-refractivity contribution in [2.45, 2.75) is 108 Å². The first-order valence-electron chi connectivity index (χ1n) is 17.7. The van der Waals surface area contributed by atoms with Gasteiger partial charge in [0.05, 0.1) is 28.4 Å². The van der Waals surface area contributed by atoms with Crippen LogP contribution >= 0.6 is 23.1 Å². The lowest BCUT2D eigenvalue weighted by Gasteiger charge is -2.31. The van der Waals surface area contributed by atoms with E-state index >= 15 is 0 Å². The maximum absolute atomic E-state index is 13.2. The van der Waals surface area contributed by atoms with E-state index in [0.717, 1.165) is 73.7 Å². The fourth-order valence-corrected chi connectivity index (χ4v) is 7.77. The monoisotopic (exact) mass is 718 g/mol. The number of nitrogens with zero attached hydrogens (tertiary/aromatic N) is 5. The fourth-order valence-electron chi connectivity index (χ4n) is 6.04. The fraction of sp³-hybridized carbons (Fsp3) is 0.564. The van der Waals surface area contributed by atoms with E-state index in [9.17, 15) is 14.9 Å². The molecule has 0 radical (unpaired) electrons. The number of thioether (sulfide) groups is 1. The maximum atomic E-state index is 13.2. The van der Waals surface area contributed by atoms with Crippen molar-refractivity contribution in [3.63, 3.8) is 0 Å². The van der Waals surface area contributed by atoms with Gasteiger partial charge in [-0.1, -0.05) is 96.6 Å². The molecule has 3 aromatic rings. The highest BCUT2D eigenvalue weighted by molar-refractivity contribution is 8.00. The summed E-state index contributed by atoms with van der Waals surface area (Å²) in [6, 6.07) is 10.6. The zero-order valence-electron chi connectivity index (χ0n) is 31.0. The van der Waals surface area contributed by atoms with Gasteiger partial charge in [-0.05, 0) is 68.3 Å². The Kier molecular flexibility index (Phi) is 13.9. The minimum absolute atomic E-state index is 0.00351. The topological polar surface area (TPSA) is 115 Å². The SMILES string of the molecule is CCCC(c1ccc(CCCN2CCC(C(=O)Nc3ncc(SCc4ncc(C(C)(C)C)o4)s3)CC2)cc1)N(C)C(=O)/C(C#N)=C/C(C)(C)C. The normalized spacial score (nSPS) is 15.5. The van der Waals surface area contributed by atoms with Crippen molar-refractivity contribution in [3.05, 3.63) is 71.1 Å². The van der Waals surface area contributed by atoms with Crippen LogP contribution in [0, 0.1) is 22.7 Å². The number of likely N-dealkylation sites (tertiary alicyclic amines) is 1. The van der Waals surface area contributed by atoms with Crippen LogP contribution in [0.25, 0.3) is 0 Å². The number of anilines is 1. The standard InChI is InChI=1S/C39H54N6O3S2/c1-9-11-31(44(8)36(47)30(23-40)22-38(2,3)4)28-15-13-27(14-16-28)12-10-19-45-20-17-29(18-21-45)35(46)43-37-42-25-34(50-37)49-26-33-41-24-32(48-33)39(5,6)7/h13-16,22,24-25,29,31H,9-12,17-21,26H2,1-8H3,(H,42,43,46)/b30-22+. The molecule has 0 aliphatic carbocycles. The molecule has 9 nitrogen and oxygen atoms in total. The number of nitriles is 1. The summed E-state index contributed by atoms with van der Waals surface area (Å²) in [5, 5.41) is 13.3. The molecule has 2 aromatic heterocycles. The molecule has 1 unspecified atom stereocenters. The van der Waals surface area contributed by atoms with Crippen molar-refractivity contribution in [3.8, 4) is 6.07 Å². The van der Waals surface area contributed by atoms with Gasteiger partial charge < -0.3 is 19.5 Å². The van der Waals surface area contributed by atoms with E-state index in [1.165, 1.54) is 16.9 Å². The van der Waals surface area contributed by atoms with Gasteiger partial charge >= 0.3 is 0 Å². The van der Waals surface area contributed by atoms with Gasteiger partial charge in [0.2, 0.25) is 11.8 Å². The molecule has 1 aromatic carbocycles. The summed E-state index contributed by atoms with van der Waals surface area (Å²) in [6.45, 7) is 17.2. The van der Waals surface area contributed by atoms with Crippen molar-refractivity contribution in [1.29, 1.82) is 5.26 Å². The molecular weight excluding hydrogens is 665 g/mol. The number of aromatic nitrogens is 2. The maximum Gasteiger partial charge on any atom is 0.264 e. The summed E-state index contributed by atoms with van der Waals surface area (Å²) in [4.78, 5) is 39.3. The zero-order chi connectivity index (χ0) is 36.5. The van der Waals surface area contributed by atoms with Crippen LogP contribution in [0.2, 0.25) is 0 Å². The number of rotatable bonds is 14. The van der Waals surface area contributed by atoms with E-state index in [0.29, 0.717) is 16.8 Å². The molecule has 1 fully saturated rings. The number of thiazole rings is 1. The Bertz CT molecular complexity index is 1630. The Labute approximate surface area is 306 Å². The number of carbonyl (C=O) groups is 2. The number of allylic oxidation sites excluding steroid dienone is 1. The second-order valence-corrected chi connectivity index (χ2v) is 17.7. The Balaban J connectivity index is 1.19. The third-order valence-electron chi connectivity index (χ3n) is 8.89. The highest BCUT2D eigenvalue weighted by Crippen LogP contribution is 2.33. The highest BCUT2D eigenvalue weighted by atomic mass is 32.2. The molecule has 11 heteroatoms. The van der Waals surface area contributed by atoms with Crippen LogP contribution in [0.5, 0.6) is 0 Å². The van der Waals surface area contributed by atoms with Gasteiger partial charge in [0.1, 0.15) is 17.4 Å². The summed E-state index contributed by atoms with van der Waals surface area (Å²) >= 11 is 3.10. The minimum atomic E-state index is -0.252. The predicted octanol–water partition coefficient (Wildman–Crippen LogP) is 8.80. The Morgan fingerprint density at radius 3 is 2.44 bits per heavy atom. The number of hydrogen-bond acceptors (Lipinski definition) is 9. The van der Waals surface area contributed by atoms with E-state index in [4.69, 9.17) is 4.42 Å². The van der Waals surface area contributed by atoms with E-state index in [1.807, 2.05) is 20.8 Å². The molecule has 1 atom stereocenters. The molecular formula is C39H54N6O3S2. The predicted molar refractivity (Wildman–Crippen MR) is 203 cm³/mol. The van der Waals surface area contributed by atoms with Crippen molar-refractivity contribution < 1.29 is 14.0 Å². The average molecular weight is 719 g/mol. The second kappa shape index (κ2) is 17.7. The van der Waals surface area contributed by atoms with Crippen LogP contribution in [-0.2, 0) is 27.2 Å². The van der Waals surface area contributed by atoms with E-state index in [2.05, 4.69) is 78.2 Å². The summed E-state index contributed by atoms with van der Waals surface area (Å²) in [7, 11) is 1.80. The van der Waals surface area contributed by atoms with E-state index in [-0.39, 0.29) is 40.2 Å². The lowest BCUT2D eigenvalue weighted by molar-refractivity contribution is -0.127. The van der Waals surface area contributed by atoms with Gasteiger partial charge in [0, 0.05) is 18.4 Å².